The third kappa shape index (κ3) is 4.01. The largest absolute Gasteiger partial charge is 0.490 e. The number of methoxy groups -OCH3 is 1. The van der Waals surface area contributed by atoms with Crippen LogP contribution < -0.4 is 9.64 Å². The predicted octanol–water partition coefficient (Wildman–Crippen LogP) is 3.36. The Labute approximate surface area is 180 Å². The summed E-state index contributed by atoms with van der Waals surface area (Å²) in [5.41, 5.74) is 2.57. The molecule has 10 heteroatoms. The number of benzene rings is 1. The van der Waals surface area contributed by atoms with Crippen molar-refractivity contribution in [3.63, 3.8) is 0 Å². The summed E-state index contributed by atoms with van der Waals surface area (Å²) in [6.07, 6.45) is 6.41. The molecule has 0 atom stereocenters. The lowest BCUT2D eigenvalue weighted by molar-refractivity contribution is -0.385. The maximum atomic E-state index is 11.6. The number of nitrogens with zero attached hydrogens (tertiary/aromatic N) is 5. The molecule has 0 aliphatic carbocycles. The van der Waals surface area contributed by atoms with Gasteiger partial charge >= 0.3 is 11.8 Å². The summed E-state index contributed by atoms with van der Waals surface area (Å²) in [6.45, 7) is 2.78. The first-order chi connectivity index (χ1) is 14.8. The number of aromatic nitrogens is 2. The molecule has 1 aromatic heterocycles. The van der Waals surface area contributed by atoms with Crippen molar-refractivity contribution in [1.82, 2.24) is 14.7 Å². The first kappa shape index (κ1) is 21.0. The van der Waals surface area contributed by atoms with E-state index in [4.69, 9.17) is 4.74 Å². The predicted molar refractivity (Wildman–Crippen MR) is 115 cm³/mol. The number of carboxylic acid groups (broad SMARTS) is 1. The number of nitro groups is 1. The molecule has 1 spiro atoms. The van der Waals surface area contributed by atoms with Crippen LogP contribution in [-0.4, -0.2) is 64.1 Å². The van der Waals surface area contributed by atoms with E-state index in [0.717, 1.165) is 55.6 Å². The van der Waals surface area contributed by atoms with E-state index in [1.54, 1.807) is 23.0 Å². The summed E-state index contributed by atoms with van der Waals surface area (Å²) in [5, 5.41) is 25.0. The first-order valence-electron chi connectivity index (χ1n) is 10.4. The SMILES string of the molecule is COc1cc(N2CCC3(CCN(C(=O)O)CC3)CC2)c(-c2cnn(C)c2)cc1[N+](=O)[O-]. The Hall–Kier alpha value is -3.30. The normalized spacial score (nSPS) is 18.3. The van der Waals surface area contributed by atoms with Crippen LogP contribution in [0, 0.1) is 15.5 Å². The third-order valence-corrected chi connectivity index (χ3v) is 6.77. The summed E-state index contributed by atoms with van der Waals surface area (Å²) in [5.74, 6) is 0.239. The lowest BCUT2D eigenvalue weighted by Gasteiger charge is -2.47. The van der Waals surface area contributed by atoms with Crippen molar-refractivity contribution in [2.45, 2.75) is 25.7 Å². The molecular weight excluding hydrogens is 402 g/mol. The Kier molecular flexibility index (Phi) is 5.47. The number of hydrogen-bond acceptors (Lipinski definition) is 6. The van der Waals surface area contributed by atoms with Crippen LogP contribution in [0.25, 0.3) is 11.1 Å². The van der Waals surface area contributed by atoms with Gasteiger partial charge in [0, 0.05) is 68.4 Å². The molecule has 2 fully saturated rings. The quantitative estimate of drug-likeness (QED) is 0.585. The zero-order valence-corrected chi connectivity index (χ0v) is 17.8. The highest BCUT2D eigenvalue weighted by Crippen LogP contribution is 2.45. The molecule has 10 nitrogen and oxygen atoms in total. The molecule has 1 N–H and O–H groups in total. The molecule has 0 saturated carbocycles. The van der Waals surface area contributed by atoms with E-state index < -0.39 is 11.0 Å². The van der Waals surface area contributed by atoms with Gasteiger partial charge in [-0.1, -0.05) is 0 Å². The number of amides is 1. The van der Waals surface area contributed by atoms with Crippen LogP contribution in [-0.2, 0) is 7.05 Å². The van der Waals surface area contributed by atoms with Gasteiger partial charge in [0.1, 0.15) is 0 Å². The average molecular weight is 429 g/mol. The minimum absolute atomic E-state index is 0.0698. The maximum Gasteiger partial charge on any atom is 0.407 e. The number of carbonyl (C=O) groups is 1. The van der Waals surface area contributed by atoms with Crippen LogP contribution in [0.5, 0.6) is 5.75 Å². The number of piperidine rings is 2. The zero-order chi connectivity index (χ0) is 22.2. The topological polar surface area (TPSA) is 114 Å². The van der Waals surface area contributed by atoms with Gasteiger partial charge in [-0.25, -0.2) is 4.79 Å². The highest BCUT2D eigenvalue weighted by Gasteiger charge is 2.39. The first-order valence-corrected chi connectivity index (χ1v) is 10.4. The van der Waals surface area contributed by atoms with Crippen LogP contribution in [0.15, 0.2) is 24.5 Å². The van der Waals surface area contributed by atoms with Gasteiger partial charge < -0.3 is 19.6 Å². The van der Waals surface area contributed by atoms with Crippen molar-refractivity contribution in [2.75, 3.05) is 38.2 Å². The zero-order valence-electron chi connectivity index (χ0n) is 17.8. The van der Waals surface area contributed by atoms with Gasteiger partial charge in [-0.3, -0.25) is 14.8 Å². The molecule has 2 aliphatic rings. The highest BCUT2D eigenvalue weighted by atomic mass is 16.6. The Morgan fingerprint density at radius 2 is 1.84 bits per heavy atom. The van der Waals surface area contributed by atoms with Crippen LogP contribution >= 0.6 is 0 Å². The second kappa shape index (κ2) is 8.09. The molecule has 1 aromatic carbocycles. The third-order valence-electron chi connectivity index (χ3n) is 6.77. The minimum Gasteiger partial charge on any atom is -0.490 e. The van der Waals surface area contributed by atoms with Gasteiger partial charge in [0.25, 0.3) is 0 Å². The number of hydrogen-bond donors (Lipinski definition) is 1. The van der Waals surface area contributed by atoms with E-state index >= 15 is 0 Å². The summed E-state index contributed by atoms with van der Waals surface area (Å²) in [6, 6.07) is 3.33. The molecule has 0 radical (unpaired) electrons. The monoisotopic (exact) mass is 429 g/mol. The number of rotatable bonds is 4. The average Bonchev–Trinajstić information content (AvgIpc) is 3.19. The van der Waals surface area contributed by atoms with Gasteiger partial charge in [0.15, 0.2) is 5.75 Å². The molecule has 0 bridgehead atoms. The van der Waals surface area contributed by atoms with Gasteiger partial charge in [0.05, 0.1) is 18.2 Å². The number of anilines is 1. The fraction of sp³-hybridized carbons (Fsp3) is 0.524. The molecule has 2 saturated heterocycles. The molecule has 1 amide bonds. The van der Waals surface area contributed by atoms with Gasteiger partial charge in [-0.2, -0.15) is 5.10 Å². The molecule has 2 aliphatic heterocycles. The van der Waals surface area contributed by atoms with Crippen molar-refractivity contribution < 1.29 is 19.6 Å². The Morgan fingerprint density at radius 3 is 2.35 bits per heavy atom. The molecule has 3 heterocycles. The molecule has 0 unspecified atom stereocenters. The van der Waals surface area contributed by atoms with Crippen molar-refractivity contribution in [3.8, 4) is 16.9 Å². The summed E-state index contributed by atoms with van der Waals surface area (Å²) in [4.78, 5) is 26.1. The Morgan fingerprint density at radius 1 is 1.19 bits per heavy atom. The molecule has 166 valence electrons. The van der Waals surface area contributed by atoms with E-state index in [2.05, 4.69) is 10.00 Å². The molecule has 31 heavy (non-hydrogen) atoms. The smallest absolute Gasteiger partial charge is 0.407 e. The second-order valence-corrected chi connectivity index (χ2v) is 8.46. The van der Waals surface area contributed by atoms with Crippen LogP contribution in [0.2, 0.25) is 0 Å². The van der Waals surface area contributed by atoms with Gasteiger partial charge in [-0.15, -0.1) is 0 Å². The van der Waals surface area contributed by atoms with Crippen LogP contribution in [0.4, 0.5) is 16.2 Å². The van der Waals surface area contributed by atoms with E-state index in [1.807, 2.05) is 13.2 Å². The van der Waals surface area contributed by atoms with E-state index in [-0.39, 0.29) is 16.9 Å². The van der Waals surface area contributed by atoms with Crippen molar-refractivity contribution >= 4 is 17.5 Å². The van der Waals surface area contributed by atoms with Crippen LogP contribution in [0.3, 0.4) is 0 Å². The van der Waals surface area contributed by atoms with Crippen molar-refractivity contribution in [3.05, 3.63) is 34.6 Å². The molecule has 4 rings (SSSR count). The summed E-state index contributed by atoms with van der Waals surface area (Å²) in [7, 11) is 3.26. The molecule has 2 aromatic rings. The van der Waals surface area contributed by atoms with E-state index in [0.29, 0.717) is 13.1 Å². The lowest BCUT2D eigenvalue weighted by Crippen LogP contribution is -2.48. The molecular formula is C21H27N5O5. The number of nitro benzene ring substituents is 1. The van der Waals surface area contributed by atoms with Gasteiger partial charge in [0.2, 0.25) is 0 Å². The minimum atomic E-state index is -0.841. The number of aryl methyl sites for hydroxylation is 1. The van der Waals surface area contributed by atoms with Crippen molar-refractivity contribution in [2.24, 2.45) is 12.5 Å². The number of ether oxygens (including phenoxy) is 1. The van der Waals surface area contributed by atoms with E-state index in [1.165, 1.54) is 12.0 Å². The lowest BCUT2D eigenvalue weighted by atomic mass is 9.71. The summed E-state index contributed by atoms with van der Waals surface area (Å²) >= 11 is 0. The maximum absolute atomic E-state index is 11.6. The Balaban J connectivity index is 1.61. The van der Waals surface area contributed by atoms with Crippen molar-refractivity contribution in [1.29, 1.82) is 0 Å². The Bertz CT molecular complexity index is 986. The standard InChI is InChI=1S/C21H27N5O5/c1-23-14-15(13-22-23)16-11-18(26(29)30)19(31-2)12-17(16)24-7-3-21(4-8-24)5-9-25(10-6-21)20(27)28/h11-14H,3-10H2,1-2H3,(H,27,28). The number of likely N-dealkylation sites (tertiary alicyclic amines) is 1. The highest BCUT2D eigenvalue weighted by molar-refractivity contribution is 5.82. The fourth-order valence-corrected chi connectivity index (χ4v) is 4.81. The van der Waals surface area contributed by atoms with Gasteiger partial charge in [-0.05, 0) is 31.1 Å². The second-order valence-electron chi connectivity index (χ2n) is 8.46. The fourth-order valence-electron chi connectivity index (χ4n) is 4.81. The summed E-state index contributed by atoms with van der Waals surface area (Å²) < 4.78 is 7.01. The van der Waals surface area contributed by atoms with E-state index in [9.17, 15) is 20.0 Å². The van der Waals surface area contributed by atoms with Crippen LogP contribution in [0.1, 0.15) is 25.7 Å².